The summed E-state index contributed by atoms with van der Waals surface area (Å²) < 4.78 is 12.8. The molecule has 0 unspecified atom stereocenters. The molecule has 1 aromatic carbocycles. The molecule has 0 atom stereocenters. The number of hydrogen-bond acceptors (Lipinski definition) is 4. The minimum atomic E-state index is 0.616. The van der Waals surface area contributed by atoms with Crippen LogP contribution < -0.4 is 14.8 Å². The van der Waals surface area contributed by atoms with Gasteiger partial charge in [0.25, 0.3) is 0 Å². The molecule has 1 aliphatic carbocycles. The Hall–Kier alpha value is -2.01. The fourth-order valence-electron chi connectivity index (χ4n) is 3.34. The number of ether oxygens (including phenoxy) is 2. The second-order valence-corrected chi connectivity index (χ2v) is 6.38. The zero-order chi connectivity index (χ0) is 16.8. The lowest BCUT2D eigenvalue weighted by atomic mass is 10.1. The standard InChI is InChI=1S/C19H27N3O2/c1-23-18-8-7-15(11-19(18)24-2)9-10-20-12-16-13-21-22(14-16)17-5-3-4-6-17/h7-8,11,13-14,17,20H,3-6,9-10,12H2,1-2H3. The summed E-state index contributed by atoms with van der Waals surface area (Å²) in [6.45, 7) is 1.78. The molecule has 24 heavy (non-hydrogen) atoms. The third-order valence-electron chi connectivity index (χ3n) is 4.72. The molecule has 1 aromatic heterocycles. The molecule has 1 N–H and O–H groups in total. The Kier molecular flexibility index (Phi) is 5.75. The van der Waals surface area contributed by atoms with E-state index in [4.69, 9.17) is 9.47 Å². The van der Waals surface area contributed by atoms with Crippen LogP contribution >= 0.6 is 0 Å². The van der Waals surface area contributed by atoms with Gasteiger partial charge in [-0.05, 0) is 43.5 Å². The molecule has 0 amide bonds. The quantitative estimate of drug-likeness (QED) is 0.755. The van der Waals surface area contributed by atoms with Crippen LogP contribution in [0, 0.1) is 0 Å². The van der Waals surface area contributed by atoms with E-state index in [1.54, 1.807) is 14.2 Å². The number of methoxy groups -OCH3 is 2. The number of nitrogens with zero attached hydrogens (tertiary/aromatic N) is 2. The Morgan fingerprint density at radius 2 is 1.92 bits per heavy atom. The van der Waals surface area contributed by atoms with Crippen LogP contribution in [0.2, 0.25) is 0 Å². The lowest BCUT2D eigenvalue weighted by Crippen LogP contribution is -2.16. The maximum atomic E-state index is 5.35. The minimum Gasteiger partial charge on any atom is -0.493 e. The third kappa shape index (κ3) is 4.09. The highest BCUT2D eigenvalue weighted by molar-refractivity contribution is 5.42. The Bertz CT molecular complexity index is 648. The lowest BCUT2D eigenvalue weighted by Gasteiger charge is -2.10. The molecule has 0 bridgehead atoms. The van der Waals surface area contributed by atoms with E-state index >= 15 is 0 Å². The van der Waals surface area contributed by atoms with Crippen molar-refractivity contribution >= 4 is 0 Å². The van der Waals surface area contributed by atoms with Gasteiger partial charge in [0.15, 0.2) is 11.5 Å². The van der Waals surface area contributed by atoms with Crippen LogP contribution in [0.4, 0.5) is 0 Å². The predicted molar refractivity (Wildman–Crippen MR) is 94.7 cm³/mol. The van der Waals surface area contributed by atoms with E-state index in [-0.39, 0.29) is 0 Å². The van der Waals surface area contributed by atoms with Crippen molar-refractivity contribution in [1.82, 2.24) is 15.1 Å². The van der Waals surface area contributed by atoms with Gasteiger partial charge in [-0.3, -0.25) is 4.68 Å². The zero-order valence-electron chi connectivity index (χ0n) is 14.6. The summed E-state index contributed by atoms with van der Waals surface area (Å²) in [4.78, 5) is 0. The zero-order valence-corrected chi connectivity index (χ0v) is 14.6. The van der Waals surface area contributed by atoms with Crippen molar-refractivity contribution in [1.29, 1.82) is 0 Å². The molecule has 1 aliphatic rings. The molecule has 1 saturated carbocycles. The molecule has 0 saturated heterocycles. The van der Waals surface area contributed by atoms with Crippen molar-refractivity contribution < 1.29 is 9.47 Å². The van der Waals surface area contributed by atoms with E-state index in [0.717, 1.165) is 31.0 Å². The van der Waals surface area contributed by atoms with Gasteiger partial charge in [0.2, 0.25) is 0 Å². The van der Waals surface area contributed by atoms with E-state index in [2.05, 4.69) is 27.4 Å². The van der Waals surface area contributed by atoms with Crippen molar-refractivity contribution in [2.24, 2.45) is 0 Å². The maximum Gasteiger partial charge on any atom is 0.160 e. The van der Waals surface area contributed by atoms with Crippen LogP contribution in [0.15, 0.2) is 30.6 Å². The van der Waals surface area contributed by atoms with Crippen LogP contribution in [0.5, 0.6) is 11.5 Å². The Balaban J connectivity index is 1.45. The first-order valence-corrected chi connectivity index (χ1v) is 8.75. The van der Waals surface area contributed by atoms with Crippen molar-refractivity contribution in [3.63, 3.8) is 0 Å². The molecule has 5 heteroatoms. The second-order valence-electron chi connectivity index (χ2n) is 6.38. The third-order valence-corrected chi connectivity index (χ3v) is 4.72. The monoisotopic (exact) mass is 329 g/mol. The molecule has 0 radical (unpaired) electrons. The summed E-state index contributed by atoms with van der Waals surface area (Å²) in [6.07, 6.45) is 10.4. The van der Waals surface area contributed by atoms with Gasteiger partial charge in [-0.15, -0.1) is 0 Å². The first kappa shape index (κ1) is 16.8. The molecule has 1 heterocycles. The molecule has 0 aliphatic heterocycles. The lowest BCUT2D eigenvalue weighted by molar-refractivity contribution is 0.354. The predicted octanol–water partition coefficient (Wildman–Crippen LogP) is 3.35. The molecule has 3 rings (SSSR count). The molecule has 130 valence electrons. The van der Waals surface area contributed by atoms with E-state index in [1.165, 1.54) is 36.8 Å². The van der Waals surface area contributed by atoms with E-state index < -0.39 is 0 Å². The van der Waals surface area contributed by atoms with Crippen LogP contribution in [-0.4, -0.2) is 30.5 Å². The average molecular weight is 329 g/mol. The van der Waals surface area contributed by atoms with E-state index in [9.17, 15) is 0 Å². The van der Waals surface area contributed by atoms with Crippen molar-refractivity contribution in [2.45, 2.75) is 44.7 Å². The summed E-state index contributed by atoms with van der Waals surface area (Å²) in [5.74, 6) is 1.56. The Morgan fingerprint density at radius 1 is 1.12 bits per heavy atom. The van der Waals surface area contributed by atoms with Crippen LogP contribution in [0.25, 0.3) is 0 Å². The molecular weight excluding hydrogens is 302 g/mol. The van der Waals surface area contributed by atoms with Gasteiger partial charge in [-0.2, -0.15) is 5.10 Å². The van der Waals surface area contributed by atoms with Crippen LogP contribution in [-0.2, 0) is 13.0 Å². The average Bonchev–Trinajstić information content (AvgIpc) is 3.29. The summed E-state index contributed by atoms with van der Waals surface area (Å²) in [6, 6.07) is 6.70. The van der Waals surface area contributed by atoms with Crippen molar-refractivity contribution in [2.75, 3.05) is 20.8 Å². The van der Waals surface area contributed by atoms with E-state index in [0.29, 0.717) is 6.04 Å². The van der Waals surface area contributed by atoms with Crippen molar-refractivity contribution in [3.8, 4) is 11.5 Å². The van der Waals surface area contributed by atoms with Gasteiger partial charge in [-0.25, -0.2) is 0 Å². The minimum absolute atomic E-state index is 0.616. The second kappa shape index (κ2) is 8.20. The summed E-state index contributed by atoms with van der Waals surface area (Å²) >= 11 is 0. The largest absolute Gasteiger partial charge is 0.493 e. The van der Waals surface area contributed by atoms with Gasteiger partial charge < -0.3 is 14.8 Å². The number of benzene rings is 1. The van der Waals surface area contributed by atoms with Gasteiger partial charge >= 0.3 is 0 Å². The van der Waals surface area contributed by atoms with Gasteiger partial charge in [0.1, 0.15) is 0 Å². The van der Waals surface area contributed by atoms with Gasteiger partial charge in [-0.1, -0.05) is 18.9 Å². The summed E-state index contributed by atoms with van der Waals surface area (Å²) in [5.41, 5.74) is 2.50. The molecular formula is C19H27N3O2. The van der Waals surface area contributed by atoms with Gasteiger partial charge in [0.05, 0.1) is 26.5 Å². The van der Waals surface area contributed by atoms with Gasteiger partial charge in [0, 0.05) is 18.3 Å². The Labute approximate surface area is 144 Å². The Morgan fingerprint density at radius 3 is 2.67 bits per heavy atom. The first-order chi connectivity index (χ1) is 11.8. The molecule has 5 nitrogen and oxygen atoms in total. The summed E-state index contributed by atoms with van der Waals surface area (Å²) in [5, 5.41) is 8.02. The topological polar surface area (TPSA) is 48.3 Å². The number of rotatable bonds is 8. The smallest absolute Gasteiger partial charge is 0.160 e. The fourth-order valence-corrected chi connectivity index (χ4v) is 3.34. The number of nitrogens with one attached hydrogen (secondary N) is 1. The molecule has 2 aromatic rings. The molecule has 0 spiro atoms. The van der Waals surface area contributed by atoms with Crippen molar-refractivity contribution in [3.05, 3.63) is 41.7 Å². The highest BCUT2D eigenvalue weighted by Crippen LogP contribution is 2.29. The van der Waals surface area contributed by atoms with Crippen LogP contribution in [0.1, 0.15) is 42.9 Å². The normalized spacial score (nSPS) is 14.9. The highest BCUT2D eigenvalue weighted by atomic mass is 16.5. The number of hydrogen-bond donors (Lipinski definition) is 1. The first-order valence-electron chi connectivity index (χ1n) is 8.75. The van der Waals surface area contributed by atoms with E-state index in [1.807, 2.05) is 18.3 Å². The SMILES string of the molecule is COc1ccc(CCNCc2cnn(C3CCCC3)c2)cc1OC. The maximum absolute atomic E-state index is 5.35. The number of aromatic nitrogens is 2. The summed E-state index contributed by atoms with van der Waals surface area (Å²) in [7, 11) is 3.33. The highest BCUT2D eigenvalue weighted by Gasteiger charge is 2.17. The molecule has 1 fully saturated rings. The fraction of sp³-hybridized carbons (Fsp3) is 0.526. The van der Waals surface area contributed by atoms with Crippen LogP contribution in [0.3, 0.4) is 0 Å².